The standard InChI is InChI=1S/C13H21NO/c1-4-5-6-8-14-11-10-7-9-15-12(10)13(11,2)3/h10-12,14H,6-9H2,1-3H3. The maximum atomic E-state index is 5.76. The summed E-state index contributed by atoms with van der Waals surface area (Å²) in [6.45, 7) is 8.48. The van der Waals surface area contributed by atoms with Gasteiger partial charge in [0, 0.05) is 36.9 Å². The van der Waals surface area contributed by atoms with Crippen LogP contribution in [0.3, 0.4) is 0 Å². The molecule has 84 valence electrons. The fourth-order valence-corrected chi connectivity index (χ4v) is 3.15. The lowest BCUT2D eigenvalue weighted by Crippen LogP contribution is -2.65. The van der Waals surface area contributed by atoms with Crippen LogP contribution in [-0.4, -0.2) is 25.3 Å². The van der Waals surface area contributed by atoms with Crippen LogP contribution in [0, 0.1) is 23.2 Å². The normalized spacial score (nSPS) is 36.3. The summed E-state index contributed by atoms with van der Waals surface area (Å²) in [4.78, 5) is 0. The molecule has 0 aromatic carbocycles. The molecule has 15 heavy (non-hydrogen) atoms. The van der Waals surface area contributed by atoms with Crippen molar-refractivity contribution in [3.05, 3.63) is 0 Å². The third-order valence-corrected chi connectivity index (χ3v) is 3.89. The fourth-order valence-electron chi connectivity index (χ4n) is 3.15. The molecule has 2 aliphatic rings. The largest absolute Gasteiger partial charge is 0.377 e. The first-order valence-corrected chi connectivity index (χ1v) is 5.92. The van der Waals surface area contributed by atoms with E-state index in [2.05, 4.69) is 31.0 Å². The fraction of sp³-hybridized carbons (Fsp3) is 0.846. The summed E-state index contributed by atoms with van der Waals surface area (Å²) < 4.78 is 5.76. The first kappa shape index (κ1) is 11.0. The zero-order chi connectivity index (χ0) is 10.9. The van der Waals surface area contributed by atoms with Gasteiger partial charge in [-0.3, -0.25) is 0 Å². The second-order valence-corrected chi connectivity index (χ2v) is 5.17. The van der Waals surface area contributed by atoms with Crippen LogP contribution < -0.4 is 5.32 Å². The maximum absolute atomic E-state index is 5.76. The molecule has 1 N–H and O–H groups in total. The van der Waals surface area contributed by atoms with Gasteiger partial charge in [-0.1, -0.05) is 13.8 Å². The van der Waals surface area contributed by atoms with Crippen molar-refractivity contribution in [2.45, 2.75) is 45.8 Å². The molecule has 0 aromatic rings. The molecule has 0 bridgehead atoms. The minimum atomic E-state index is 0.306. The van der Waals surface area contributed by atoms with E-state index in [0.29, 0.717) is 17.6 Å². The summed E-state index contributed by atoms with van der Waals surface area (Å²) in [5, 5.41) is 3.63. The monoisotopic (exact) mass is 207 g/mol. The van der Waals surface area contributed by atoms with Crippen molar-refractivity contribution in [1.82, 2.24) is 5.32 Å². The van der Waals surface area contributed by atoms with Crippen LogP contribution in [0.2, 0.25) is 0 Å². The maximum Gasteiger partial charge on any atom is 0.0685 e. The van der Waals surface area contributed by atoms with Gasteiger partial charge in [0.15, 0.2) is 0 Å². The molecule has 0 aromatic heterocycles. The second-order valence-electron chi connectivity index (χ2n) is 5.17. The van der Waals surface area contributed by atoms with Gasteiger partial charge in [-0.2, -0.15) is 0 Å². The van der Waals surface area contributed by atoms with Gasteiger partial charge < -0.3 is 10.1 Å². The summed E-state index contributed by atoms with van der Waals surface area (Å²) in [6.07, 6.45) is 2.68. The Morgan fingerprint density at radius 3 is 3.00 bits per heavy atom. The SMILES string of the molecule is CC#CCCNC1C2CCOC2C1(C)C. The second kappa shape index (κ2) is 4.15. The highest BCUT2D eigenvalue weighted by molar-refractivity contribution is 5.11. The molecule has 1 aliphatic heterocycles. The van der Waals surface area contributed by atoms with Gasteiger partial charge in [-0.15, -0.1) is 11.8 Å². The van der Waals surface area contributed by atoms with Crippen molar-refractivity contribution in [2.75, 3.05) is 13.2 Å². The zero-order valence-corrected chi connectivity index (χ0v) is 9.97. The lowest BCUT2D eigenvalue weighted by Gasteiger charge is -2.55. The smallest absolute Gasteiger partial charge is 0.0685 e. The number of hydrogen-bond donors (Lipinski definition) is 1. The molecule has 1 saturated heterocycles. The van der Waals surface area contributed by atoms with E-state index < -0.39 is 0 Å². The Bertz CT molecular complexity index is 287. The summed E-state index contributed by atoms with van der Waals surface area (Å²) in [6, 6.07) is 0.628. The van der Waals surface area contributed by atoms with Crippen LogP contribution in [0.15, 0.2) is 0 Å². The van der Waals surface area contributed by atoms with Crippen LogP contribution in [0.25, 0.3) is 0 Å². The average Bonchev–Trinajstić information content (AvgIpc) is 2.64. The molecular formula is C13H21NO. The molecule has 1 aliphatic carbocycles. The minimum Gasteiger partial charge on any atom is -0.377 e. The van der Waals surface area contributed by atoms with Gasteiger partial charge in [0.1, 0.15) is 0 Å². The summed E-state index contributed by atoms with van der Waals surface area (Å²) in [5.41, 5.74) is 0.306. The topological polar surface area (TPSA) is 21.3 Å². The Kier molecular flexibility index (Phi) is 3.04. The Labute approximate surface area is 92.8 Å². The summed E-state index contributed by atoms with van der Waals surface area (Å²) in [7, 11) is 0. The molecule has 0 amide bonds. The first-order valence-electron chi connectivity index (χ1n) is 5.92. The lowest BCUT2D eigenvalue weighted by atomic mass is 9.57. The van der Waals surface area contributed by atoms with Crippen LogP contribution >= 0.6 is 0 Å². The minimum absolute atomic E-state index is 0.306. The van der Waals surface area contributed by atoms with Gasteiger partial charge in [0.25, 0.3) is 0 Å². The quantitative estimate of drug-likeness (QED) is 0.563. The Hall–Kier alpha value is -0.520. The van der Waals surface area contributed by atoms with Gasteiger partial charge in [-0.25, -0.2) is 0 Å². The van der Waals surface area contributed by atoms with Gasteiger partial charge in [0.05, 0.1) is 6.10 Å². The van der Waals surface area contributed by atoms with Gasteiger partial charge >= 0.3 is 0 Å². The van der Waals surface area contributed by atoms with Gasteiger partial charge in [-0.05, 0) is 13.3 Å². The van der Waals surface area contributed by atoms with Crippen LogP contribution in [-0.2, 0) is 4.74 Å². The molecule has 1 heterocycles. The van der Waals surface area contributed by atoms with Crippen molar-refractivity contribution in [3.63, 3.8) is 0 Å². The molecule has 2 nitrogen and oxygen atoms in total. The highest BCUT2D eigenvalue weighted by Crippen LogP contribution is 2.51. The molecule has 0 spiro atoms. The van der Waals surface area contributed by atoms with Crippen molar-refractivity contribution >= 4 is 0 Å². The molecule has 3 unspecified atom stereocenters. The van der Waals surface area contributed by atoms with E-state index in [1.54, 1.807) is 0 Å². The number of fused-ring (bicyclic) bond motifs is 1. The van der Waals surface area contributed by atoms with E-state index in [0.717, 1.165) is 25.5 Å². The van der Waals surface area contributed by atoms with E-state index in [1.165, 1.54) is 6.42 Å². The van der Waals surface area contributed by atoms with Crippen molar-refractivity contribution < 1.29 is 4.74 Å². The van der Waals surface area contributed by atoms with E-state index in [4.69, 9.17) is 4.74 Å². The van der Waals surface area contributed by atoms with Crippen LogP contribution in [0.1, 0.15) is 33.6 Å². The molecule has 1 saturated carbocycles. The van der Waals surface area contributed by atoms with E-state index in [9.17, 15) is 0 Å². The predicted molar refractivity (Wildman–Crippen MR) is 61.5 cm³/mol. The van der Waals surface area contributed by atoms with E-state index in [1.807, 2.05) is 6.92 Å². The third kappa shape index (κ3) is 1.79. The molecule has 0 radical (unpaired) electrons. The van der Waals surface area contributed by atoms with Crippen molar-refractivity contribution in [2.24, 2.45) is 11.3 Å². The summed E-state index contributed by atoms with van der Waals surface area (Å²) in [5.74, 6) is 6.77. The highest BCUT2D eigenvalue weighted by Gasteiger charge is 2.58. The Balaban J connectivity index is 1.83. The predicted octanol–water partition coefficient (Wildman–Crippen LogP) is 1.80. The van der Waals surface area contributed by atoms with Gasteiger partial charge in [0.2, 0.25) is 0 Å². The molecule has 2 fully saturated rings. The summed E-state index contributed by atoms with van der Waals surface area (Å²) >= 11 is 0. The molecule has 3 atom stereocenters. The highest BCUT2D eigenvalue weighted by atomic mass is 16.5. The van der Waals surface area contributed by atoms with E-state index >= 15 is 0 Å². The van der Waals surface area contributed by atoms with Crippen molar-refractivity contribution in [1.29, 1.82) is 0 Å². The molecular weight excluding hydrogens is 186 g/mol. The number of rotatable bonds is 3. The van der Waals surface area contributed by atoms with Crippen LogP contribution in [0.5, 0.6) is 0 Å². The molecule has 2 heteroatoms. The first-order chi connectivity index (χ1) is 7.18. The lowest BCUT2D eigenvalue weighted by molar-refractivity contribution is -0.112. The Morgan fingerprint density at radius 1 is 1.47 bits per heavy atom. The number of hydrogen-bond acceptors (Lipinski definition) is 2. The Morgan fingerprint density at radius 2 is 2.27 bits per heavy atom. The van der Waals surface area contributed by atoms with E-state index in [-0.39, 0.29) is 0 Å². The molecule has 2 rings (SSSR count). The van der Waals surface area contributed by atoms with Crippen molar-refractivity contribution in [3.8, 4) is 11.8 Å². The average molecular weight is 207 g/mol. The number of ether oxygens (including phenoxy) is 1. The number of nitrogens with one attached hydrogen (secondary N) is 1. The zero-order valence-electron chi connectivity index (χ0n) is 9.97. The third-order valence-electron chi connectivity index (χ3n) is 3.89. The van der Waals surface area contributed by atoms with Crippen LogP contribution in [0.4, 0.5) is 0 Å².